The summed E-state index contributed by atoms with van der Waals surface area (Å²) in [5.74, 6) is 0.876. The van der Waals surface area contributed by atoms with E-state index in [0.29, 0.717) is 22.5 Å². The third-order valence-corrected chi connectivity index (χ3v) is 7.07. The first-order valence-corrected chi connectivity index (χ1v) is 10.2. The molecule has 1 aliphatic carbocycles. The van der Waals surface area contributed by atoms with Gasteiger partial charge in [-0.2, -0.15) is 0 Å². The summed E-state index contributed by atoms with van der Waals surface area (Å²) in [6.07, 6.45) is 7.64. The summed E-state index contributed by atoms with van der Waals surface area (Å²) >= 11 is 3.33. The van der Waals surface area contributed by atoms with Gasteiger partial charge in [-0.05, 0) is 54.1 Å². The molecule has 0 amide bonds. The van der Waals surface area contributed by atoms with Crippen LogP contribution in [0.1, 0.15) is 32.1 Å². The third kappa shape index (κ3) is 4.32. The number of halogens is 1. The molecule has 0 bridgehead atoms. The molecule has 1 aromatic rings. The quantitative estimate of drug-likeness (QED) is 0.629. The lowest BCUT2D eigenvalue weighted by atomic mass is 9.97. The molecule has 0 radical (unpaired) electrons. The Balaban J connectivity index is 2.20. The largest absolute Gasteiger partial charge is 0.493 e. The molecule has 1 aliphatic rings. The Bertz CT molecular complexity index is 716. The van der Waals surface area contributed by atoms with E-state index in [9.17, 15) is 8.42 Å². The van der Waals surface area contributed by atoms with Gasteiger partial charge in [-0.25, -0.2) is 12.7 Å². The van der Waals surface area contributed by atoms with Crippen molar-refractivity contribution in [1.82, 2.24) is 4.31 Å². The molecule has 0 N–H and O–H groups in total. The smallest absolute Gasteiger partial charge is 0.244 e. The molecule has 0 saturated carbocycles. The second-order valence-corrected chi connectivity index (χ2v) is 8.69. The van der Waals surface area contributed by atoms with Crippen molar-refractivity contribution in [2.24, 2.45) is 0 Å². The topological polar surface area (TPSA) is 55.8 Å². The van der Waals surface area contributed by atoms with Crippen molar-refractivity contribution in [1.29, 1.82) is 0 Å². The lowest BCUT2D eigenvalue weighted by Crippen LogP contribution is -2.28. The van der Waals surface area contributed by atoms with Gasteiger partial charge in [0.05, 0.1) is 14.2 Å². The normalized spacial score (nSPS) is 15.3. The standard InChI is InChI=1S/C17H24BrNO4S/c1-19(10-9-13-7-5-4-6-8-13)24(20,21)17-12-16(23-3)15(22-2)11-14(17)18/h7,11-12H,4-6,8-10H2,1-3H3. The molecule has 0 aromatic heterocycles. The summed E-state index contributed by atoms with van der Waals surface area (Å²) in [5, 5.41) is 0. The number of rotatable bonds is 7. The molecule has 134 valence electrons. The van der Waals surface area contributed by atoms with E-state index in [1.807, 2.05) is 0 Å². The number of ether oxygens (including phenoxy) is 2. The predicted octanol–water partition coefficient (Wildman–Crippen LogP) is 3.98. The van der Waals surface area contributed by atoms with Gasteiger partial charge in [0, 0.05) is 24.1 Å². The monoisotopic (exact) mass is 417 g/mol. The van der Waals surface area contributed by atoms with Gasteiger partial charge in [-0.3, -0.25) is 0 Å². The first kappa shape index (κ1) is 19.3. The van der Waals surface area contributed by atoms with Gasteiger partial charge in [0.2, 0.25) is 10.0 Å². The number of benzene rings is 1. The number of sulfonamides is 1. The van der Waals surface area contributed by atoms with Crippen molar-refractivity contribution in [3.05, 3.63) is 28.3 Å². The Morgan fingerprint density at radius 1 is 1.17 bits per heavy atom. The summed E-state index contributed by atoms with van der Waals surface area (Å²) in [6.45, 7) is 0.467. The zero-order valence-electron chi connectivity index (χ0n) is 14.3. The van der Waals surface area contributed by atoms with Crippen molar-refractivity contribution in [2.45, 2.75) is 37.0 Å². The maximum absolute atomic E-state index is 12.9. The predicted molar refractivity (Wildman–Crippen MR) is 98.2 cm³/mol. The molecule has 0 saturated heterocycles. The van der Waals surface area contributed by atoms with Crippen molar-refractivity contribution in [3.63, 3.8) is 0 Å². The van der Waals surface area contributed by atoms with Gasteiger partial charge >= 0.3 is 0 Å². The van der Waals surface area contributed by atoms with Gasteiger partial charge in [0.1, 0.15) is 4.90 Å². The Morgan fingerprint density at radius 2 is 1.83 bits per heavy atom. The highest BCUT2D eigenvalue weighted by Gasteiger charge is 2.25. The maximum atomic E-state index is 12.9. The van der Waals surface area contributed by atoms with Gasteiger partial charge < -0.3 is 9.47 Å². The first-order valence-electron chi connectivity index (χ1n) is 7.96. The average molecular weight is 418 g/mol. The molecule has 1 aromatic carbocycles. The third-order valence-electron chi connectivity index (χ3n) is 4.26. The minimum atomic E-state index is -3.60. The molecular formula is C17H24BrNO4S. The van der Waals surface area contributed by atoms with Crippen LogP contribution in [0.15, 0.2) is 33.2 Å². The van der Waals surface area contributed by atoms with Crippen LogP contribution in [-0.2, 0) is 10.0 Å². The molecule has 0 unspecified atom stereocenters. The second kappa shape index (κ2) is 8.36. The Kier molecular flexibility index (Phi) is 6.71. The molecule has 24 heavy (non-hydrogen) atoms. The fourth-order valence-electron chi connectivity index (χ4n) is 2.75. The van der Waals surface area contributed by atoms with Crippen LogP contribution in [0.3, 0.4) is 0 Å². The van der Waals surface area contributed by atoms with Crippen LogP contribution in [0.25, 0.3) is 0 Å². The summed E-state index contributed by atoms with van der Waals surface area (Å²) < 4.78 is 38.0. The van der Waals surface area contributed by atoms with Crippen molar-refractivity contribution < 1.29 is 17.9 Å². The highest BCUT2D eigenvalue weighted by molar-refractivity contribution is 9.10. The molecular weight excluding hydrogens is 394 g/mol. The summed E-state index contributed by atoms with van der Waals surface area (Å²) in [5.41, 5.74) is 1.36. The van der Waals surface area contributed by atoms with Gasteiger partial charge in [0.15, 0.2) is 11.5 Å². The van der Waals surface area contributed by atoms with Crippen LogP contribution in [0.2, 0.25) is 0 Å². The molecule has 0 atom stereocenters. The zero-order chi connectivity index (χ0) is 17.7. The van der Waals surface area contributed by atoms with Crippen LogP contribution >= 0.6 is 15.9 Å². The number of nitrogens with zero attached hydrogens (tertiary/aromatic N) is 1. The van der Waals surface area contributed by atoms with E-state index in [0.717, 1.165) is 19.3 Å². The molecule has 0 aliphatic heterocycles. The van der Waals surface area contributed by atoms with E-state index in [1.54, 1.807) is 13.1 Å². The van der Waals surface area contributed by atoms with Crippen LogP contribution in [0.4, 0.5) is 0 Å². The highest BCUT2D eigenvalue weighted by Crippen LogP contribution is 2.36. The Hall–Kier alpha value is -1.05. The summed E-state index contributed by atoms with van der Waals surface area (Å²) in [7, 11) is 1.01. The van der Waals surface area contributed by atoms with Crippen LogP contribution in [0, 0.1) is 0 Å². The van der Waals surface area contributed by atoms with Crippen LogP contribution in [-0.4, -0.2) is 40.5 Å². The van der Waals surface area contributed by atoms with E-state index in [1.165, 1.54) is 43.0 Å². The number of hydrogen-bond donors (Lipinski definition) is 0. The number of allylic oxidation sites excluding steroid dienone is 1. The lowest BCUT2D eigenvalue weighted by Gasteiger charge is -2.21. The second-order valence-electron chi connectivity index (χ2n) is 5.82. The lowest BCUT2D eigenvalue weighted by molar-refractivity contribution is 0.353. The van der Waals surface area contributed by atoms with Gasteiger partial charge in [-0.15, -0.1) is 0 Å². The van der Waals surface area contributed by atoms with E-state index in [2.05, 4.69) is 22.0 Å². The number of methoxy groups -OCH3 is 2. The molecule has 0 fully saturated rings. The van der Waals surface area contributed by atoms with E-state index >= 15 is 0 Å². The zero-order valence-corrected chi connectivity index (χ0v) is 16.7. The van der Waals surface area contributed by atoms with Crippen LogP contribution in [0.5, 0.6) is 11.5 Å². The minimum Gasteiger partial charge on any atom is -0.493 e. The molecule has 0 heterocycles. The first-order chi connectivity index (χ1) is 11.4. The van der Waals surface area contributed by atoms with Crippen LogP contribution < -0.4 is 9.47 Å². The fourth-order valence-corrected chi connectivity index (χ4v) is 4.92. The fraction of sp³-hybridized carbons (Fsp3) is 0.529. The van der Waals surface area contributed by atoms with Crippen molar-refractivity contribution >= 4 is 26.0 Å². The molecule has 0 spiro atoms. The van der Waals surface area contributed by atoms with Gasteiger partial charge in [0.25, 0.3) is 0 Å². The molecule has 5 nitrogen and oxygen atoms in total. The maximum Gasteiger partial charge on any atom is 0.244 e. The SMILES string of the molecule is COc1cc(Br)c(S(=O)(=O)N(C)CCC2=CCCCC2)cc1OC. The van der Waals surface area contributed by atoms with Crippen molar-refractivity contribution in [3.8, 4) is 11.5 Å². The Labute approximate surface area is 152 Å². The summed E-state index contributed by atoms with van der Waals surface area (Å²) in [4.78, 5) is 0.181. The highest BCUT2D eigenvalue weighted by atomic mass is 79.9. The van der Waals surface area contributed by atoms with Crippen molar-refractivity contribution in [2.75, 3.05) is 27.8 Å². The Morgan fingerprint density at radius 3 is 2.42 bits per heavy atom. The minimum absolute atomic E-state index is 0.181. The summed E-state index contributed by atoms with van der Waals surface area (Å²) in [6, 6.07) is 3.11. The molecule has 2 rings (SSSR count). The average Bonchev–Trinajstić information content (AvgIpc) is 2.59. The van der Waals surface area contributed by atoms with Gasteiger partial charge in [-0.1, -0.05) is 11.6 Å². The van der Waals surface area contributed by atoms with E-state index in [4.69, 9.17) is 9.47 Å². The molecule has 7 heteroatoms. The van der Waals surface area contributed by atoms with E-state index < -0.39 is 10.0 Å². The van der Waals surface area contributed by atoms with E-state index in [-0.39, 0.29) is 4.90 Å². The number of hydrogen-bond acceptors (Lipinski definition) is 4.